The summed E-state index contributed by atoms with van der Waals surface area (Å²) in [6, 6.07) is 8.49. The Labute approximate surface area is 171 Å². The fourth-order valence-corrected chi connectivity index (χ4v) is 2.72. The first-order valence-corrected chi connectivity index (χ1v) is 9.72. The minimum Gasteiger partial charge on any atom is -0.350 e. The molecule has 2 unspecified atom stereocenters. The van der Waals surface area contributed by atoms with E-state index in [1.165, 1.54) is 4.90 Å². The minimum absolute atomic E-state index is 0.0569. The predicted molar refractivity (Wildman–Crippen MR) is 110 cm³/mol. The van der Waals surface area contributed by atoms with Crippen LogP contribution in [0.1, 0.15) is 49.2 Å². The molecule has 0 bridgehead atoms. The number of aromatic nitrogens is 2. The number of amides is 3. The smallest absolute Gasteiger partial charge is 0.251 e. The maximum absolute atomic E-state index is 12.4. The molecule has 0 radical (unpaired) electrons. The molecule has 0 aliphatic heterocycles. The van der Waals surface area contributed by atoms with Gasteiger partial charge in [0.25, 0.3) is 5.91 Å². The second-order valence-corrected chi connectivity index (χ2v) is 7.12. The maximum Gasteiger partial charge on any atom is 0.251 e. The average Bonchev–Trinajstić information content (AvgIpc) is 3.26. The SMILES string of the molecule is CCC(C)NC(=O)c1cccc(CNC(=O)CN(C)C(=O)C(C)n2cccn2)c1. The fraction of sp³-hybridized carbons (Fsp3) is 0.429. The number of benzene rings is 1. The second kappa shape index (κ2) is 10.4. The first-order valence-electron chi connectivity index (χ1n) is 9.72. The van der Waals surface area contributed by atoms with E-state index in [1.807, 2.05) is 19.9 Å². The molecule has 156 valence electrons. The van der Waals surface area contributed by atoms with Crippen molar-refractivity contribution in [3.8, 4) is 0 Å². The summed E-state index contributed by atoms with van der Waals surface area (Å²) in [4.78, 5) is 38.3. The van der Waals surface area contributed by atoms with Crippen molar-refractivity contribution in [2.75, 3.05) is 13.6 Å². The van der Waals surface area contributed by atoms with Crippen LogP contribution >= 0.6 is 0 Å². The normalized spacial score (nSPS) is 12.7. The van der Waals surface area contributed by atoms with Crippen molar-refractivity contribution in [3.63, 3.8) is 0 Å². The first-order chi connectivity index (χ1) is 13.8. The van der Waals surface area contributed by atoms with E-state index in [1.54, 1.807) is 55.3 Å². The highest BCUT2D eigenvalue weighted by molar-refractivity contribution is 5.94. The molecule has 0 spiro atoms. The van der Waals surface area contributed by atoms with Crippen molar-refractivity contribution in [2.45, 2.75) is 45.8 Å². The number of nitrogens with zero attached hydrogens (tertiary/aromatic N) is 3. The Balaban J connectivity index is 1.86. The van der Waals surface area contributed by atoms with Crippen LogP contribution in [0.15, 0.2) is 42.7 Å². The summed E-state index contributed by atoms with van der Waals surface area (Å²) < 4.78 is 1.55. The molecule has 2 N–H and O–H groups in total. The highest BCUT2D eigenvalue weighted by atomic mass is 16.2. The molecular formula is C21H29N5O3. The quantitative estimate of drug-likeness (QED) is 0.671. The van der Waals surface area contributed by atoms with Crippen molar-refractivity contribution in [1.29, 1.82) is 0 Å². The van der Waals surface area contributed by atoms with Gasteiger partial charge in [0, 0.05) is 37.6 Å². The molecule has 0 fully saturated rings. The number of likely N-dealkylation sites (N-methyl/N-ethyl adjacent to an activating group) is 1. The largest absolute Gasteiger partial charge is 0.350 e. The van der Waals surface area contributed by atoms with Crippen LogP contribution < -0.4 is 10.6 Å². The molecule has 2 atom stereocenters. The molecule has 2 aromatic rings. The molecule has 1 heterocycles. The van der Waals surface area contributed by atoms with Crippen LogP contribution in [-0.2, 0) is 16.1 Å². The molecule has 8 heteroatoms. The third kappa shape index (κ3) is 6.44. The van der Waals surface area contributed by atoms with Gasteiger partial charge in [0.2, 0.25) is 11.8 Å². The summed E-state index contributed by atoms with van der Waals surface area (Å²) >= 11 is 0. The lowest BCUT2D eigenvalue weighted by molar-refractivity contribution is -0.137. The Hall–Kier alpha value is -3.16. The molecule has 2 rings (SSSR count). The average molecular weight is 399 g/mol. The monoisotopic (exact) mass is 399 g/mol. The van der Waals surface area contributed by atoms with Gasteiger partial charge in [-0.1, -0.05) is 19.1 Å². The Bertz CT molecular complexity index is 835. The highest BCUT2D eigenvalue weighted by Crippen LogP contribution is 2.08. The van der Waals surface area contributed by atoms with Gasteiger partial charge in [-0.15, -0.1) is 0 Å². The standard InChI is InChI=1S/C21H29N5O3/c1-5-15(2)24-20(28)18-9-6-8-17(12-18)13-22-19(27)14-25(4)21(29)16(3)26-11-7-10-23-26/h6-12,15-16H,5,13-14H2,1-4H3,(H,22,27)(H,24,28). The molecular weight excluding hydrogens is 370 g/mol. The van der Waals surface area contributed by atoms with E-state index in [4.69, 9.17) is 0 Å². The molecule has 1 aromatic heterocycles. The number of hydrogen-bond acceptors (Lipinski definition) is 4. The highest BCUT2D eigenvalue weighted by Gasteiger charge is 2.21. The van der Waals surface area contributed by atoms with Crippen molar-refractivity contribution >= 4 is 17.7 Å². The zero-order chi connectivity index (χ0) is 21.4. The van der Waals surface area contributed by atoms with E-state index in [0.29, 0.717) is 5.56 Å². The van der Waals surface area contributed by atoms with Gasteiger partial charge < -0.3 is 15.5 Å². The third-order valence-corrected chi connectivity index (χ3v) is 4.70. The lowest BCUT2D eigenvalue weighted by atomic mass is 10.1. The number of carbonyl (C=O) groups excluding carboxylic acids is 3. The van der Waals surface area contributed by atoms with Gasteiger partial charge in [-0.05, 0) is 44.0 Å². The molecule has 0 aliphatic rings. The molecule has 0 saturated carbocycles. The second-order valence-electron chi connectivity index (χ2n) is 7.12. The van der Waals surface area contributed by atoms with Crippen molar-refractivity contribution in [2.24, 2.45) is 0 Å². The fourth-order valence-electron chi connectivity index (χ4n) is 2.72. The molecule has 8 nitrogen and oxygen atoms in total. The van der Waals surface area contributed by atoms with Gasteiger partial charge in [0.15, 0.2) is 0 Å². The Morgan fingerprint density at radius 3 is 2.62 bits per heavy atom. The topological polar surface area (TPSA) is 96.3 Å². The van der Waals surface area contributed by atoms with Crippen LogP contribution in [0.5, 0.6) is 0 Å². The number of hydrogen-bond donors (Lipinski definition) is 2. The molecule has 29 heavy (non-hydrogen) atoms. The third-order valence-electron chi connectivity index (χ3n) is 4.70. The lowest BCUT2D eigenvalue weighted by Crippen LogP contribution is -2.40. The number of rotatable bonds is 9. The van der Waals surface area contributed by atoms with Gasteiger partial charge in [0.1, 0.15) is 6.04 Å². The summed E-state index contributed by atoms with van der Waals surface area (Å²) in [5.41, 5.74) is 1.37. The van der Waals surface area contributed by atoms with Crippen molar-refractivity contribution < 1.29 is 14.4 Å². The minimum atomic E-state index is -0.483. The van der Waals surface area contributed by atoms with E-state index in [0.717, 1.165) is 12.0 Å². The zero-order valence-electron chi connectivity index (χ0n) is 17.4. The van der Waals surface area contributed by atoms with Gasteiger partial charge in [0.05, 0.1) is 6.54 Å². The van der Waals surface area contributed by atoms with E-state index in [2.05, 4.69) is 15.7 Å². The van der Waals surface area contributed by atoms with E-state index in [9.17, 15) is 14.4 Å². The summed E-state index contributed by atoms with van der Waals surface area (Å²) in [5, 5.41) is 9.77. The van der Waals surface area contributed by atoms with Crippen molar-refractivity contribution in [3.05, 3.63) is 53.9 Å². The molecule has 1 aromatic carbocycles. The zero-order valence-corrected chi connectivity index (χ0v) is 17.4. The lowest BCUT2D eigenvalue weighted by Gasteiger charge is -2.21. The van der Waals surface area contributed by atoms with Gasteiger partial charge in [-0.2, -0.15) is 5.10 Å². The van der Waals surface area contributed by atoms with Crippen LogP contribution in [0.25, 0.3) is 0 Å². The van der Waals surface area contributed by atoms with Crippen molar-refractivity contribution in [1.82, 2.24) is 25.3 Å². The van der Waals surface area contributed by atoms with Crippen LogP contribution in [0.2, 0.25) is 0 Å². The van der Waals surface area contributed by atoms with Gasteiger partial charge in [-0.3, -0.25) is 19.1 Å². The molecule has 3 amide bonds. The Morgan fingerprint density at radius 2 is 1.97 bits per heavy atom. The van der Waals surface area contributed by atoms with Crippen LogP contribution in [0.3, 0.4) is 0 Å². The number of nitrogens with one attached hydrogen (secondary N) is 2. The van der Waals surface area contributed by atoms with Crippen LogP contribution in [0.4, 0.5) is 0 Å². The van der Waals surface area contributed by atoms with E-state index in [-0.39, 0.29) is 36.9 Å². The first kappa shape index (κ1) is 22.1. The van der Waals surface area contributed by atoms with Gasteiger partial charge in [-0.25, -0.2) is 0 Å². The molecule has 0 aliphatic carbocycles. The maximum atomic E-state index is 12.4. The predicted octanol–water partition coefficient (Wildman–Crippen LogP) is 1.75. The summed E-state index contributed by atoms with van der Waals surface area (Å²) in [5.74, 6) is -0.610. The van der Waals surface area contributed by atoms with Gasteiger partial charge >= 0.3 is 0 Å². The Kier molecular flexibility index (Phi) is 7.94. The van der Waals surface area contributed by atoms with Crippen LogP contribution in [0, 0.1) is 0 Å². The summed E-state index contributed by atoms with van der Waals surface area (Å²) in [6.07, 6.45) is 4.17. The van der Waals surface area contributed by atoms with E-state index < -0.39 is 6.04 Å². The number of carbonyl (C=O) groups is 3. The summed E-state index contributed by atoms with van der Waals surface area (Å²) in [7, 11) is 1.59. The summed E-state index contributed by atoms with van der Waals surface area (Å²) in [6.45, 7) is 5.92. The van der Waals surface area contributed by atoms with Crippen LogP contribution in [-0.4, -0.2) is 52.0 Å². The van der Waals surface area contributed by atoms with E-state index >= 15 is 0 Å². The molecule has 0 saturated heterocycles. The Morgan fingerprint density at radius 1 is 1.21 bits per heavy atom.